The molecule has 2 aliphatic rings. The zero-order valence-electron chi connectivity index (χ0n) is 15.5. The van der Waals surface area contributed by atoms with Crippen LogP contribution in [-0.2, 0) is 4.74 Å². The lowest BCUT2D eigenvalue weighted by Crippen LogP contribution is -2.46. The van der Waals surface area contributed by atoms with Gasteiger partial charge in [-0.15, -0.1) is 0 Å². The van der Waals surface area contributed by atoms with Crippen LogP contribution >= 0.6 is 0 Å². The van der Waals surface area contributed by atoms with Crippen LogP contribution in [0.3, 0.4) is 0 Å². The van der Waals surface area contributed by atoms with Crippen molar-refractivity contribution in [2.24, 2.45) is 0 Å². The molecule has 0 aromatic heterocycles. The topological polar surface area (TPSA) is 87.7 Å². The number of carbonyl (C=O) groups is 1. The van der Waals surface area contributed by atoms with E-state index < -0.39 is 10.9 Å². The molecule has 1 aromatic rings. The third-order valence-corrected chi connectivity index (χ3v) is 5.48. The summed E-state index contributed by atoms with van der Waals surface area (Å²) in [5.41, 5.74) is 0.0817. The molecule has 0 unspecified atom stereocenters. The van der Waals surface area contributed by atoms with E-state index in [1.165, 1.54) is 25.7 Å². The van der Waals surface area contributed by atoms with Crippen molar-refractivity contribution in [3.63, 3.8) is 0 Å². The number of hydrogen-bond donors (Lipinski definition) is 2. The van der Waals surface area contributed by atoms with Crippen LogP contribution in [-0.4, -0.2) is 42.8 Å². The Labute approximate surface area is 153 Å². The smallest absolute Gasteiger partial charge is 0.409 e. The van der Waals surface area contributed by atoms with Crippen molar-refractivity contribution in [3.05, 3.63) is 20.4 Å². The van der Waals surface area contributed by atoms with Crippen molar-refractivity contribution in [1.29, 1.82) is 0 Å². The van der Waals surface area contributed by atoms with E-state index in [1.807, 2.05) is 0 Å². The highest BCUT2D eigenvalue weighted by molar-refractivity contribution is 5.74. The second-order valence-corrected chi connectivity index (χ2v) is 7.35. The van der Waals surface area contributed by atoms with Crippen molar-refractivity contribution in [3.8, 4) is 0 Å². The van der Waals surface area contributed by atoms with Crippen LogP contribution in [0.5, 0.6) is 0 Å². The number of amides is 1. The molecule has 1 heterocycles. The monoisotopic (exact) mass is 363 g/mol. The SMILES string of the molecule is CCOC(=O)N1CCC(Nc2c(NC3CCCCCC3)c(=O)c2=O)CC1. The fourth-order valence-corrected chi connectivity index (χ4v) is 3.92. The van der Waals surface area contributed by atoms with Gasteiger partial charge in [0.1, 0.15) is 11.4 Å². The van der Waals surface area contributed by atoms with Gasteiger partial charge in [0, 0.05) is 25.2 Å². The van der Waals surface area contributed by atoms with Crippen LogP contribution in [0.2, 0.25) is 0 Å². The Morgan fingerprint density at radius 3 is 1.92 bits per heavy atom. The third kappa shape index (κ3) is 4.19. The van der Waals surface area contributed by atoms with Crippen molar-refractivity contribution in [1.82, 2.24) is 4.90 Å². The first kappa shape index (κ1) is 18.7. The number of hydrogen-bond acceptors (Lipinski definition) is 6. The number of piperidine rings is 1. The average molecular weight is 363 g/mol. The Kier molecular flexibility index (Phi) is 6.16. The minimum atomic E-state index is -0.422. The van der Waals surface area contributed by atoms with Gasteiger partial charge in [-0.05, 0) is 32.6 Å². The van der Waals surface area contributed by atoms with Gasteiger partial charge in [-0.1, -0.05) is 25.7 Å². The van der Waals surface area contributed by atoms with Crippen molar-refractivity contribution in [2.45, 2.75) is 70.4 Å². The van der Waals surface area contributed by atoms with E-state index in [4.69, 9.17) is 4.74 Å². The highest BCUT2D eigenvalue weighted by Gasteiger charge is 2.28. The van der Waals surface area contributed by atoms with Crippen LogP contribution in [0.15, 0.2) is 9.59 Å². The number of nitrogens with zero attached hydrogens (tertiary/aromatic N) is 1. The van der Waals surface area contributed by atoms with Crippen molar-refractivity contribution in [2.75, 3.05) is 30.3 Å². The van der Waals surface area contributed by atoms with Crippen molar-refractivity contribution < 1.29 is 9.53 Å². The second kappa shape index (κ2) is 8.56. The zero-order valence-corrected chi connectivity index (χ0v) is 15.5. The molecule has 1 aliphatic heterocycles. The Hall–Kier alpha value is -2.05. The number of rotatable bonds is 5. The molecule has 7 heteroatoms. The Morgan fingerprint density at radius 2 is 1.42 bits per heavy atom. The first-order valence-corrected chi connectivity index (χ1v) is 9.88. The summed E-state index contributed by atoms with van der Waals surface area (Å²) in [6.45, 7) is 3.35. The predicted octanol–water partition coefficient (Wildman–Crippen LogP) is 2.45. The van der Waals surface area contributed by atoms with Gasteiger partial charge in [-0.25, -0.2) is 4.79 Å². The maximum Gasteiger partial charge on any atom is 0.409 e. The number of anilines is 2. The van der Waals surface area contributed by atoms with Crippen LogP contribution in [0, 0.1) is 0 Å². The lowest BCUT2D eigenvalue weighted by molar-refractivity contribution is 0.0983. The summed E-state index contributed by atoms with van der Waals surface area (Å²) in [5.74, 6) is 0. The molecule has 1 aliphatic carbocycles. The predicted molar refractivity (Wildman–Crippen MR) is 102 cm³/mol. The van der Waals surface area contributed by atoms with Crippen LogP contribution < -0.4 is 21.5 Å². The quantitative estimate of drug-likeness (QED) is 0.617. The standard InChI is InChI=1S/C19H29N3O4/c1-2-26-19(25)22-11-9-14(10-12-22)21-16-15(17(23)18(16)24)20-13-7-5-3-4-6-8-13/h13-14,20-21H,2-12H2,1H3. The van der Waals surface area contributed by atoms with Gasteiger partial charge >= 0.3 is 6.09 Å². The minimum absolute atomic E-state index is 0.0960. The summed E-state index contributed by atoms with van der Waals surface area (Å²) in [6.07, 6.45) is 8.12. The first-order chi connectivity index (χ1) is 12.6. The molecule has 1 saturated heterocycles. The number of nitrogens with one attached hydrogen (secondary N) is 2. The van der Waals surface area contributed by atoms with Gasteiger partial charge in [0.25, 0.3) is 10.9 Å². The molecule has 26 heavy (non-hydrogen) atoms. The lowest BCUT2D eigenvalue weighted by atomic mass is 10.0. The molecule has 0 radical (unpaired) electrons. The van der Waals surface area contributed by atoms with Gasteiger partial charge in [-0.3, -0.25) is 9.59 Å². The van der Waals surface area contributed by atoms with Crippen LogP contribution in [0.1, 0.15) is 58.3 Å². The van der Waals surface area contributed by atoms with Gasteiger partial charge in [0.05, 0.1) is 6.61 Å². The number of ether oxygens (including phenoxy) is 1. The zero-order chi connectivity index (χ0) is 18.5. The van der Waals surface area contributed by atoms with Gasteiger partial charge in [0.15, 0.2) is 0 Å². The maximum absolute atomic E-state index is 12.0. The summed E-state index contributed by atoms with van der Waals surface area (Å²) in [7, 11) is 0. The van der Waals surface area contributed by atoms with E-state index in [0.717, 1.165) is 25.7 Å². The van der Waals surface area contributed by atoms with Gasteiger partial charge < -0.3 is 20.3 Å². The Morgan fingerprint density at radius 1 is 0.923 bits per heavy atom. The van der Waals surface area contributed by atoms with E-state index >= 15 is 0 Å². The molecule has 3 rings (SSSR count). The Balaban J connectivity index is 1.56. The van der Waals surface area contributed by atoms with E-state index in [0.29, 0.717) is 31.1 Å². The molecular formula is C19H29N3O4. The average Bonchev–Trinajstić information content (AvgIpc) is 2.93. The maximum atomic E-state index is 12.0. The second-order valence-electron chi connectivity index (χ2n) is 7.35. The highest BCUT2D eigenvalue weighted by Crippen LogP contribution is 2.25. The van der Waals surface area contributed by atoms with E-state index in [2.05, 4.69) is 10.6 Å². The van der Waals surface area contributed by atoms with Gasteiger partial charge in [-0.2, -0.15) is 0 Å². The molecule has 2 fully saturated rings. The minimum Gasteiger partial charge on any atom is -0.450 e. The molecule has 1 aromatic carbocycles. The van der Waals surface area contributed by atoms with E-state index in [-0.39, 0.29) is 18.2 Å². The molecule has 1 saturated carbocycles. The Bertz CT molecular complexity index is 679. The molecule has 2 N–H and O–H groups in total. The normalized spacial score (nSPS) is 20.0. The molecular weight excluding hydrogens is 334 g/mol. The molecule has 0 bridgehead atoms. The van der Waals surface area contributed by atoms with Crippen molar-refractivity contribution >= 4 is 17.5 Å². The van der Waals surface area contributed by atoms with E-state index in [9.17, 15) is 14.4 Å². The summed E-state index contributed by atoms with van der Waals surface area (Å²) in [6, 6.07) is 0.380. The number of carbonyl (C=O) groups excluding carboxylic acids is 1. The summed E-state index contributed by atoms with van der Waals surface area (Å²) in [5, 5.41) is 6.57. The largest absolute Gasteiger partial charge is 0.450 e. The molecule has 144 valence electrons. The lowest BCUT2D eigenvalue weighted by Gasteiger charge is -2.33. The van der Waals surface area contributed by atoms with Crippen LogP contribution in [0.4, 0.5) is 16.2 Å². The molecule has 7 nitrogen and oxygen atoms in total. The third-order valence-electron chi connectivity index (χ3n) is 5.48. The highest BCUT2D eigenvalue weighted by atomic mass is 16.6. The molecule has 0 spiro atoms. The van der Waals surface area contributed by atoms with E-state index in [1.54, 1.807) is 11.8 Å². The number of likely N-dealkylation sites (tertiary alicyclic amines) is 1. The summed E-state index contributed by atoms with van der Waals surface area (Å²) < 4.78 is 5.02. The van der Waals surface area contributed by atoms with Crippen LogP contribution in [0.25, 0.3) is 0 Å². The molecule has 1 amide bonds. The van der Waals surface area contributed by atoms with Gasteiger partial charge in [0.2, 0.25) is 0 Å². The first-order valence-electron chi connectivity index (χ1n) is 9.88. The summed E-state index contributed by atoms with van der Waals surface area (Å²) in [4.78, 5) is 37.5. The summed E-state index contributed by atoms with van der Waals surface area (Å²) >= 11 is 0. The fraction of sp³-hybridized carbons (Fsp3) is 0.737. The fourth-order valence-electron chi connectivity index (χ4n) is 3.92. The molecule has 0 atom stereocenters.